The van der Waals surface area contributed by atoms with Crippen molar-refractivity contribution in [2.24, 2.45) is 0 Å². The lowest BCUT2D eigenvalue weighted by Crippen LogP contribution is -1.96. The average Bonchev–Trinajstić information content (AvgIpc) is 2.28. The Labute approximate surface area is 118 Å². The van der Waals surface area contributed by atoms with Gasteiger partial charge in [-0.2, -0.15) is 0 Å². The van der Waals surface area contributed by atoms with Crippen LogP contribution < -0.4 is 5.32 Å². The Morgan fingerprint density at radius 1 is 1.29 bits per heavy atom. The van der Waals surface area contributed by atoms with Gasteiger partial charge >= 0.3 is 0 Å². The smallest absolute Gasteiger partial charge is 0.144 e. The minimum absolute atomic E-state index is 0.588. The maximum absolute atomic E-state index is 6.05. The van der Waals surface area contributed by atoms with Crippen molar-refractivity contribution >= 4 is 50.6 Å². The van der Waals surface area contributed by atoms with E-state index in [0.29, 0.717) is 10.8 Å². The third-order valence-corrected chi connectivity index (χ3v) is 3.55. The van der Waals surface area contributed by atoms with Gasteiger partial charge in [0.15, 0.2) is 0 Å². The first-order valence-electron chi connectivity index (χ1n) is 4.91. The molecule has 2 rings (SSSR count). The van der Waals surface area contributed by atoms with Crippen LogP contribution in [0.3, 0.4) is 0 Å². The van der Waals surface area contributed by atoms with E-state index in [1.807, 2.05) is 25.1 Å². The molecule has 0 bridgehead atoms. The summed E-state index contributed by atoms with van der Waals surface area (Å²) in [4.78, 5) is 4.21. The second kappa shape index (κ2) is 5.25. The third kappa shape index (κ3) is 2.92. The zero-order valence-corrected chi connectivity index (χ0v) is 12.1. The molecular formula is C12H9BrCl2N2. The van der Waals surface area contributed by atoms with Gasteiger partial charge in [-0.05, 0) is 46.6 Å². The molecule has 17 heavy (non-hydrogen) atoms. The first-order valence-corrected chi connectivity index (χ1v) is 6.46. The van der Waals surface area contributed by atoms with Crippen LogP contribution in [-0.2, 0) is 0 Å². The summed E-state index contributed by atoms with van der Waals surface area (Å²) in [6.07, 6.45) is 1.59. The number of aromatic nitrogens is 1. The molecule has 0 aliphatic heterocycles. The molecule has 0 aliphatic rings. The van der Waals surface area contributed by atoms with Gasteiger partial charge in [-0.3, -0.25) is 0 Å². The van der Waals surface area contributed by atoms with Gasteiger partial charge in [0.05, 0.1) is 9.50 Å². The largest absolute Gasteiger partial charge is 0.339 e. The highest BCUT2D eigenvalue weighted by Crippen LogP contribution is 2.29. The van der Waals surface area contributed by atoms with E-state index in [-0.39, 0.29) is 0 Å². The second-order valence-corrected chi connectivity index (χ2v) is 5.22. The van der Waals surface area contributed by atoms with Crippen molar-refractivity contribution in [1.82, 2.24) is 4.98 Å². The summed E-state index contributed by atoms with van der Waals surface area (Å²) >= 11 is 15.3. The lowest BCUT2D eigenvalue weighted by atomic mass is 10.2. The van der Waals surface area contributed by atoms with E-state index in [1.165, 1.54) is 0 Å². The maximum atomic E-state index is 6.05. The van der Waals surface area contributed by atoms with E-state index in [0.717, 1.165) is 20.7 Å². The van der Waals surface area contributed by atoms with Crippen molar-refractivity contribution < 1.29 is 0 Å². The van der Waals surface area contributed by atoms with Gasteiger partial charge in [0.2, 0.25) is 0 Å². The summed E-state index contributed by atoms with van der Waals surface area (Å²) < 4.78 is 0.810. The van der Waals surface area contributed by atoms with Crippen LogP contribution in [0.2, 0.25) is 10.0 Å². The zero-order chi connectivity index (χ0) is 12.4. The van der Waals surface area contributed by atoms with Gasteiger partial charge in [-0.25, -0.2) is 4.98 Å². The van der Waals surface area contributed by atoms with Crippen molar-refractivity contribution in [2.45, 2.75) is 6.92 Å². The van der Waals surface area contributed by atoms with E-state index in [4.69, 9.17) is 23.2 Å². The number of nitrogens with one attached hydrogen (secondary N) is 1. The highest BCUT2D eigenvalue weighted by molar-refractivity contribution is 9.10. The van der Waals surface area contributed by atoms with Crippen LogP contribution in [0.5, 0.6) is 0 Å². The van der Waals surface area contributed by atoms with Gasteiger partial charge in [-0.15, -0.1) is 0 Å². The summed E-state index contributed by atoms with van der Waals surface area (Å²) in [6.45, 7) is 1.95. The van der Waals surface area contributed by atoms with Crippen LogP contribution in [0, 0.1) is 6.92 Å². The van der Waals surface area contributed by atoms with Crippen molar-refractivity contribution in [3.8, 4) is 0 Å². The van der Waals surface area contributed by atoms with Crippen LogP contribution in [0.4, 0.5) is 11.5 Å². The highest BCUT2D eigenvalue weighted by Gasteiger charge is 2.06. The molecule has 0 atom stereocenters. The molecule has 88 valence electrons. The van der Waals surface area contributed by atoms with Gasteiger partial charge in [-0.1, -0.05) is 29.3 Å². The standard InChI is InChI=1S/C12H9BrCl2N2/c1-7-10(15)3-2-4-11(7)17-12-9(13)5-8(14)6-16-12/h2-6H,1H3,(H,16,17). The van der Waals surface area contributed by atoms with Crippen LogP contribution in [0.1, 0.15) is 5.56 Å². The minimum atomic E-state index is 0.588. The van der Waals surface area contributed by atoms with Crippen LogP contribution >= 0.6 is 39.1 Å². The Bertz CT molecular complexity index is 558. The predicted molar refractivity (Wildman–Crippen MR) is 76.4 cm³/mol. The average molecular weight is 332 g/mol. The Morgan fingerprint density at radius 2 is 2.06 bits per heavy atom. The summed E-state index contributed by atoms with van der Waals surface area (Å²) in [7, 11) is 0. The molecule has 2 nitrogen and oxygen atoms in total. The van der Waals surface area contributed by atoms with Crippen molar-refractivity contribution in [3.63, 3.8) is 0 Å². The number of pyridine rings is 1. The summed E-state index contributed by atoms with van der Waals surface area (Å²) in [6, 6.07) is 7.48. The number of hydrogen-bond acceptors (Lipinski definition) is 2. The summed E-state index contributed by atoms with van der Waals surface area (Å²) in [5.41, 5.74) is 1.91. The van der Waals surface area contributed by atoms with E-state index >= 15 is 0 Å². The van der Waals surface area contributed by atoms with Crippen molar-refractivity contribution in [1.29, 1.82) is 0 Å². The molecule has 0 saturated carbocycles. The highest BCUT2D eigenvalue weighted by atomic mass is 79.9. The number of nitrogens with zero attached hydrogens (tertiary/aromatic N) is 1. The Morgan fingerprint density at radius 3 is 2.76 bits per heavy atom. The summed E-state index contributed by atoms with van der Waals surface area (Å²) in [5, 5.41) is 4.52. The fraction of sp³-hybridized carbons (Fsp3) is 0.0833. The molecule has 0 aliphatic carbocycles. The first kappa shape index (κ1) is 12.7. The Kier molecular flexibility index (Phi) is 3.92. The maximum Gasteiger partial charge on any atom is 0.144 e. The number of hydrogen-bond donors (Lipinski definition) is 1. The number of anilines is 2. The molecule has 0 spiro atoms. The van der Waals surface area contributed by atoms with Crippen molar-refractivity contribution in [3.05, 3.63) is 50.5 Å². The zero-order valence-electron chi connectivity index (χ0n) is 8.97. The molecule has 0 radical (unpaired) electrons. The fourth-order valence-corrected chi connectivity index (χ4v) is 2.29. The third-order valence-electron chi connectivity index (χ3n) is 2.33. The van der Waals surface area contributed by atoms with Crippen LogP contribution in [0.25, 0.3) is 0 Å². The molecule has 5 heteroatoms. The SMILES string of the molecule is Cc1c(Cl)cccc1Nc1ncc(Cl)cc1Br. The first-order chi connectivity index (χ1) is 8.08. The van der Waals surface area contributed by atoms with Gasteiger partial charge in [0, 0.05) is 16.9 Å². The van der Waals surface area contributed by atoms with Gasteiger partial charge < -0.3 is 5.32 Å². The van der Waals surface area contributed by atoms with Gasteiger partial charge in [0.1, 0.15) is 5.82 Å². The molecule has 0 saturated heterocycles. The van der Waals surface area contributed by atoms with Crippen molar-refractivity contribution in [2.75, 3.05) is 5.32 Å². The quantitative estimate of drug-likeness (QED) is 0.817. The van der Waals surface area contributed by atoms with E-state index in [2.05, 4.69) is 26.2 Å². The molecule has 1 aromatic heterocycles. The Hall–Kier alpha value is -0.770. The molecule has 1 heterocycles. The molecule has 1 aromatic carbocycles. The predicted octanol–water partition coefficient (Wildman–Crippen LogP) is 5.20. The molecule has 0 unspecified atom stereocenters. The molecule has 0 fully saturated rings. The molecular weight excluding hydrogens is 323 g/mol. The minimum Gasteiger partial charge on any atom is -0.339 e. The number of halogens is 3. The second-order valence-electron chi connectivity index (χ2n) is 3.52. The number of benzene rings is 1. The molecule has 1 N–H and O–H groups in total. The summed E-state index contributed by atoms with van der Waals surface area (Å²) in [5.74, 6) is 0.708. The number of rotatable bonds is 2. The lowest BCUT2D eigenvalue weighted by Gasteiger charge is -2.11. The van der Waals surface area contributed by atoms with Crippen LogP contribution in [-0.4, -0.2) is 4.98 Å². The fourth-order valence-electron chi connectivity index (χ4n) is 1.38. The Balaban J connectivity index is 2.35. The normalized spacial score (nSPS) is 10.4. The molecule has 2 aromatic rings. The van der Waals surface area contributed by atoms with E-state index in [9.17, 15) is 0 Å². The van der Waals surface area contributed by atoms with Gasteiger partial charge in [0.25, 0.3) is 0 Å². The lowest BCUT2D eigenvalue weighted by molar-refractivity contribution is 1.28. The van der Waals surface area contributed by atoms with Crippen LogP contribution in [0.15, 0.2) is 34.9 Å². The molecule has 0 amide bonds. The van der Waals surface area contributed by atoms with E-state index in [1.54, 1.807) is 12.3 Å². The topological polar surface area (TPSA) is 24.9 Å². The van der Waals surface area contributed by atoms with E-state index < -0.39 is 0 Å². The monoisotopic (exact) mass is 330 g/mol.